The Morgan fingerprint density at radius 2 is 2.40 bits per heavy atom. The molecule has 0 aliphatic rings. The van der Waals surface area contributed by atoms with Gasteiger partial charge in [0, 0.05) is 0 Å². The quantitative estimate of drug-likeness (QED) is 0.378. The van der Waals surface area contributed by atoms with Crippen molar-refractivity contribution in [1.82, 2.24) is 9.77 Å². The molecule has 0 unspecified atom stereocenters. The molecule has 1 heterocycles. The Hall–Kier alpha value is -0.620. The predicted octanol–water partition coefficient (Wildman–Crippen LogP) is -5.12. The summed E-state index contributed by atoms with van der Waals surface area (Å²) in [6.45, 7) is 0.575. The van der Waals surface area contributed by atoms with E-state index in [0.29, 0.717) is 6.54 Å². The molecule has 0 aliphatic heterocycles. The standard InChI is InChI=1S/C4H9N4O.BrH/c5-7-3-6-8(4-7)1-2-9;/h3-4,9H,1-2,5H2;1H/q+1;/p-1. The number of halogens is 1. The van der Waals surface area contributed by atoms with E-state index in [9.17, 15) is 0 Å². The van der Waals surface area contributed by atoms with Crippen LogP contribution < -0.4 is 27.5 Å². The lowest BCUT2D eigenvalue weighted by molar-refractivity contribution is -0.752. The first-order chi connectivity index (χ1) is 4.33. The third kappa shape index (κ3) is 2.32. The lowest BCUT2D eigenvalue weighted by Crippen LogP contribution is -3.00. The fraction of sp³-hybridized carbons (Fsp3) is 0.500. The number of rotatable bonds is 2. The molecule has 0 saturated heterocycles. The van der Waals surface area contributed by atoms with Crippen LogP contribution in [0.2, 0.25) is 0 Å². The summed E-state index contributed by atoms with van der Waals surface area (Å²) >= 11 is 0. The summed E-state index contributed by atoms with van der Waals surface area (Å²) in [6.07, 6.45) is 3.06. The number of aliphatic hydroxyl groups excluding tert-OH is 1. The first-order valence-electron chi connectivity index (χ1n) is 2.62. The summed E-state index contributed by atoms with van der Waals surface area (Å²) < 4.78 is 2.88. The average Bonchev–Trinajstić information content (AvgIpc) is 2.17. The monoisotopic (exact) mass is 208 g/mol. The molecular formula is C4H9BrN4O. The highest BCUT2D eigenvalue weighted by molar-refractivity contribution is 4.48. The molecule has 0 bridgehead atoms. The van der Waals surface area contributed by atoms with Crippen LogP contribution in [0, 0.1) is 0 Å². The van der Waals surface area contributed by atoms with E-state index >= 15 is 0 Å². The van der Waals surface area contributed by atoms with Crippen LogP contribution in [0.15, 0.2) is 12.7 Å². The van der Waals surface area contributed by atoms with E-state index in [1.807, 2.05) is 0 Å². The van der Waals surface area contributed by atoms with Crippen LogP contribution in [0.25, 0.3) is 0 Å². The second kappa shape index (κ2) is 4.24. The number of nitrogens with two attached hydrogens (primary N) is 1. The van der Waals surface area contributed by atoms with E-state index in [2.05, 4.69) is 5.10 Å². The minimum Gasteiger partial charge on any atom is -1.00 e. The number of aromatic nitrogens is 3. The van der Waals surface area contributed by atoms with E-state index in [1.54, 1.807) is 11.0 Å². The van der Waals surface area contributed by atoms with Gasteiger partial charge in [0.05, 0.1) is 6.61 Å². The molecule has 1 aromatic rings. The third-order valence-corrected chi connectivity index (χ3v) is 0.929. The van der Waals surface area contributed by atoms with E-state index in [-0.39, 0.29) is 23.6 Å². The van der Waals surface area contributed by atoms with Gasteiger partial charge in [0.25, 0.3) is 6.33 Å². The topological polar surface area (TPSA) is 68.0 Å². The molecule has 0 spiro atoms. The first kappa shape index (κ1) is 9.38. The van der Waals surface area contributed by atoms with E-state index in [1.165, 1.54) is 11.0 Å². The SMILES string of the molecule is Nn1cn[n+](CCO)c1.[Br-]. The number of nitrogen functional groups attached to an aromatic ring is 1. The van der Waals surface area contributed by atoms with Gasteiger partial charge >= 0.3 is 0 Å². The van der Waals surface area contributed by atoms with E-state index in [4.69, 9.17) is 10.9 Å². The Kier molecular flexibility index (Phi) is 3.97. The van der Waals surface area contributed by atoms with Gasteiger partial charge in [-0.15, -0.1) is 9.36 Å². The highest BCUT2D eigenvalue weighted by Crippen LogP contribution is 1.65. The van der Waals surface area contributed by atoms with Gasteiger partial charge in [0.15, 0.2) is 0 Å². The van der Waals surface area contributed by atoms with Gasteiger partial charge < -0.3 is 22.1 Å². The van der Waals surface area contributed by atoms with Crippen LogP contribution in [0.4, 0.5) is 0 Å². The molecule has 58 valence electrons. The molecule has 1 rings (SSSR count). The Morgan fingerprint density at radius 3 is 2.80 bits per heavy atom. The highest BCUT2D eigenvalue weighted by atomic mass is 79.9. The smallest absolute Gasteiger partial charge is 0.289 e. The average molecular weight is 209 g/mol. The molecule has 1 aromatic heterocycles. The molecule has 0 radical (unpaired) electrons. The third-order valence-electron chi connectivity index (χ3n) is 0.929. The van der Waals surface area contributed by atoms with Gasteiger partial charge in [-0.25, -0.2) is 0 Å². The summed E-state index contributed by atoms with van der Waals surface area (Å²) in [4.78, 5) is 0. The Morgan fingerprint density at radius 1 is 1.70 bits per heavy atom. The molecule has 5 nitrogen and oxygen atoms in total. The van der Waals surface area contributed by atoms with Crippen molar-refractivity contribution in [3.05, 3.63) is 12.7 Å². The fourth-order valence-electron chi connectivity index (χ4n) is 0.557. The molecule has 6 heteroatoms. The second-order valence-electron chi connectivity index (χ2n) is 1.68. The van der Waals surface area contributed by atoms with E-state index < -0.39 is 0 Å². The van der Waals surface area contributed by atoms with Crippen LogP contribution in [-0.2, 0) is 6.54 Å². The maximum absolute atomic E-state index is 8.42. The fourth-order valence-corrected chi connectivity index (χ4v) is 0.557. The van der Waals surface area contributed by atoms with Crippen molar-refractivity contribution in [3.63, 3.8) is 0 Å². The van der Waals surface area contributed by atoms with Crippen molar-refractivity contribution in [2.45, 2.75) is 6.54 Å². The van der Waals surface area contributed by atoms with Crippen molar-refractivity contribution in [2.24, 2.45) is 0 Å². The van der Waals surface area contributed by atoms with Gasteiger partial charge in [0.2, 0.25) is 6.33 Å². The molecule has 0 aliphatic carbocycles. The van der Waals surface area contributed by atoms with E-state index in [0.717, 1.165) is 0 Å². The van der Waals surface area contributed by atoms with Crippen molar-refractivity contribution in [2.75, 3.05) is 12.4 Å². The molecular weight excluding hydrogens is 200 g/mol. The largest absolute Gasteiger partial charge is 1.00 e. The predicted molar refractivity (Wildman–Crippen MR) is 29.7 cm³/mol. The zero-order valence-electron chi connectivity index (χ0n) is 5.31. The van der Waals surface area contributed by atoms with Crippen LogP contribution in [-0.4, -0.2) is 21.5 Å². The number of aliphatic hydroxyl groups is 1. The summed E-state index contributed by atoms with van der Waals surface area (Å²) in [5.41, 5.74) is 0. The normalized spacial score (nSPS) is 8.90. The van der Waals surface area contributed by atoms with Gasteiger partial charge in [-0.2, -0.15) is 0 Å². The van der Waals surface area contributed by atoms with Crippen molar-refractivity contribution in [1.29, 1.82) is 0 Å². The van der Waals surface area contributed by atoms with Gasteiger partial charge in [-0.1, -0.05) is 0 Å². The Balaban J connectivity index is 0.000000810. The minimum atomic E-state index is 0. The maximum atomic E-state index is 8.42. The molecule has 0 amide bonds. The molecule has 0 fully saturated rings. The van der Waals surface area contributed by atoms with Crippen molar-refractivity contribution in [3.8, 4) is 0 Å². The maximum Gasteiger partial charge on any atom is 0.289 e. The zero-order chi connectivity index (χ0) is 6.69. The van der Waals surface area contributed by atoms with Crippen LogP contribution in [0.5, 0.6) is 0 Å². The van der Waals surface area contributed by atoms with Gasteiger partial charge in [0.1, 0.15) is 6.54 Å². The summed E-state index contributed by atoms with van der Waals surface area (Å²) in [7, 11) is 0. The first-order valence-corrected chi connectivity index (χ1v) is 2.62. The lowest BCUT2D eigenvalue weighted by atomic mass is 10.7. The lowest BCUT2D eigenvalue weighted by Gasteiger charge is -1.83. The molecule has 10 heavy (non-hydrogen) atoms. The van der Waals surface area contributed by atoms with Crippen molar-refractivity contribution >= 4 is 0 Å². The Bertz CT molecular complexity index is 189. The van der Waals surface area contributed by atoms with Crippen LogP contribution in [0.1, 0.15) is 0 Å². The molecule has 0 atom stereocenters. The molecule has 3 N–H and O–H groups in total. The number of nitrogens with zero attached hydrogens (tertiary/aromatic N) is 3. The zero-order valence-corrected chi connectivity index (χ0v) is 6.90. The molecule has 0 aromatic carbocycles. The van der Waals surface area contributed by atoms with Gasteiger partial charge in [-0.05, 0) is 5.10 Å². The second-order valence-corrected chi connectivity index (χ2v) is 1.68. The van der Waals surface area contributed by atoms with Gasteiger partial charge in [-0.3, -0.25) is 5.84 Å². The van der Waals surface area contributed by atoms with Crippen LogP contribution >= 0.6 is 0 Å². The summed E-state index contributed by atoms with van der Waals surface area (Å²) in [5.74, 6) is 5.26. The number of hydrogen-bond acceptors (Lipinski definition) is 3. The number of hydrogen-bond donors (Lipinski definition) is 2. The molecule has 0 saturated carbocycles. The summed E-state index contributed by atoms with van der Waals surface area (Å²) in [5, 5.41) is 12.2. The summed E-state index contributed by atoms with van der Waals surface area (Å²) in [6, 6.07) is 0. The Labute approximate surface area is 68.8 Å². The van der Waals surface area contributed by atoms with Crippen molar-refractivity contribution < 1.29 is 26.8 Å². The van der Waals surface area contributed by atoms with Crippen LogP contribution in [0.3, 0.4) is 0 Å². The minimum absolute atomic E-state index is 0. The highest BCUT2D eigenvalue weighted by Gasteiger charge is 1.98.